The number of aryl methyl sites for hydroxylation is 1. The normalized spacial score (nSPS) is 18.5. The van der Waals surface area contributed by atoms with Gasteiger partial charge in [-0.25, -0.2) is 5.43 Å². The molecule has 11 heteroatoms. The zero-order valence-electron chi connectivity index (χ0n) is 25.2. The molecule has 1 saturated heterocycles. The number of aliphatic carboxylic acids is 1. The second-order valence-electron chi connectivity index (χ2n) is 11.1. The highest BCUT2D eigenvalue weighted by Crippen LogP contribution is 2.19. The highest BCUT2D eigenvalue weighted by molar-refractivity contribution is 5.92. The molecule has 0 aliphatic carbocycles. The van der Waals surface area contributed by atoms with Gasteiger partial charge in [-0.2, -0.15) is 0 Å². The Morgan fingerprint density at radius 1 is 1.12 bits per heavy atom. The molecule has 1 aliphatic rings. The molecule has 1 fully saturated rings. The Balaban J connectivity index is 1.63. The van der Waals surface area contributed by atoms with Gasteiger partial charge >= 0.3 is 5.97 Å². The average Bonchev–Trinajstić information content (AvgIpc) is 2.98. The van der Waals surface area contributed by atoms with Crippen LogP contribution in [-0.4, -0.2) is 76.7 Å². The maximum atomic E-state index is 13.2. The molecule has 4 N–H and O–H groups in total. The van der Waals surface area contributed by atoms with Crippen molar-refractivity contribution in [3.63, 3.8) is 0 Å². The number of fused-ring (bicyclic) bond motifs is 1. The molecule has 0 saturated carbocycles. The lowest BCUT2D eigenvalue weighted by Crippen LogP contribution is -2.61. The third kappa shape index (κ3) is 8.36. The molecule has 0 bridgehead atoms. The fourth-order valence-corrected chi connectivity index (χ4v) is 4.85. The van der Waals surface area contributed by atoms with Gasteiger partial charge in [0.05, 0.1) is 17.7 Å². The number of carboxylic acids is 1. The summed E-state index contributed by atoms with van der Waals surface area (Å²) in [6, 6.07) is 5.59. The summed E-state index contributed by atoms with van der Waals surface area (Å²) in [6.45, 7) is 9.30. The van der Waals surface area contributed by atoms with Crippen LogP contribution in [0.25, 0.3) is 16.8 Å². The second-order valence-corrected chi connectivity index (χ2v) is 11.1. The van der Waals surface area contributed by atoms with E-state index in [4.69, 9.17) is 4.74 Å². The first kappa shape index (κ1) is 32.7. The minimum atomic E-state index is -1.04. The third-order valence-electron chi connectivity index (χ3n) is 7.58. The quantitative estimate of drug-likeness (QED) is 0.299. The summed E-state index contributed by atoms with van der Waals surface area (Å²) in [5.41, 5.74) is 4.68. The topological polar surface area (TPSA) is 150 Å². The minimum absolute atomic E-state index is 0.265. The van der Waals surface area contributed by atoms with Crippen LogP contribution in [0.4, 0.5) is 0 Å². The maximum Gasteiger partial charge on any atom is 0.322 e. The molecule has 1 aromatic carbocycles. The van der Waals surface area contributed by atoms with Gasteiger partial charge in [-0.3, -0.25) is 29.2 Å². The first-order valence-electron chi connectivity index (χ1n) is 14.5. The molecular formula is C31H43N5O6. The number of carbonyl (C=O) groups is 4. The molecule has 2 heterocycles. The number of hydrogen-bond acceptors (Lipinski definition) is 7. The van der Waals surface area contributed by atoms with E-state index in [1.165, 1.54) is 24.6 Å². The second kappa shape index (κ2) is 14.9. The van der Waals surface area contributed by atoms with Crippen LogP contribution >= 0.6 is 0 Å². The monoisotopic (exact) mass is 581 g/mol. The summed E-state index contributed by atoms with van der Waals surface area (Å²) >= 11 is 0. The van der Waals surface area contributed by atoms with Crippen molar-refractivity contribution < 1.29 is 29.0 Å². The predicted molar refractivity (Wildman–Crippen MR) is 160 cm³/mol. The van der Waals surface area contributed by atoms with Crippen molar-refractivity contribution in [3.05, 3.63) is 47.8 Å². The Bertz CT molecular complexity index is 1310. The van der Waals surface area contributed by atoms with Crippen molar-refractivity contribution in [2.24, 2.45) is 11.8 Å². The number of ether oxygens (including phenoxy) is 1. The Labute approximate surface area is 247 Å². The van der Waals surface area contributed by atoms with E-state index in [0.717, 1.165) is 22.9 Å². The number of nitrogens with one attached hydrogen (secondary N) is 3. The first-order valence-corrected chi connectivity index (χ1v) is 14.5. The molecule has 0 radical (unpaired) electrons. The third-order valence-corrected chi connectivity index (χ3v) is 7.58. The van der Waals surface area contributed by atoms with E-state index in [1.807, 2.05) is 18.3 Å². The number of carbonyl (C=O) groups excluding carboxylic acids is 3. The van der Waals surface area contributed by atoms with Crippen LogP contribution in [0.2, 0.25) is 0 Å². The van der Waals surface area contributed by atoms with Crippen LogP contribution in [0, 0.1) is 11.8 Å². The summed E-state index contributed by atoms with van der Waals surface area (Å²) in [5, 5.41) is 18.1. The molecule has 1 aliphatic heterocycles. The SMILES string of the molecule is CCc1ccc2cnc(/C=C/[C@@H](OC)[C@@H](C)C(=O)NC(C(=O)N[C@@H](C)C(=O)N3CCC[C@@H](C(=O)O)N3)C(C)C)cc2c1. The van der Waals surface area contributed by atoms with Crippen LogP contribution in [0.1, 0.15) is 58.7 Å². The van der Waals surface area contributed by atoms with Crippen LogP contribution in [0.3, 0.4) is 0 Å². The van der Waals surface area contributed by atoms with E-state index in [1.54, 1.807) is 26.8 Å². The van der Waals surface area contributed by atoms with Crippen molar-refractivity contribution >= 4 is 40.5 Å². The lowest BCUT2D eigenvalue weighted by molar-refractivity contribution is -0.148. The highest BCUT2D eigenvalue weighted by Gasteiger charge is 2.33. The van der Waals surface area contributed by atoms with Gasteiger partial charge in [0, 0.05) is 25.2 Å². The zero-order chi connectivity index (χ0) is 31.0. The number of rotatable bonds is 12. The molecule has 1 aromatic heterocycles. The number of methoxy groups -OCH3 is 1. The van der Waals surface area contributed by atoms with Crippen molar-refractivity contribution in [3.8, 4) is 0 Å². The van der Waals surface area contributed by atoms with Crippen molar-refractivity contribution in [1.82, 2.24) is 26.1 Å². The van der Waals surface area contributed by atoms with Crippen LogP contribution in [-0.2, 0) is 30.3 Å². The molecule has 0 spiro atoms. The minimum Gasteiger partial charge on any atom is -0.480 e. The first-order chi connectivity index (χ1) is 19.9. The van der Waals surface area contributed by atoms with E-state index in [0.29, 0.717) is 19.4 Å². The van der Waals surface area contributed by atoms with Gasteiger partial charge in [-0.05, 0) is 55.2 Å². The summed E-state index contributed by atoms with van der Waals surface area (Å²) < 4.78 is 5.60. The zero-order valence-corrected chi connectivity index (χ0v) is 25.2. The summed E-state index contributed by atoms with van der Waals surface area (Å²) in [5.74, 6) is -3.26. The maximum absolute atomic E-state index is 13.2. The van der Waals surface area contributed by atoms with Gasteiger partial charge in [0.1, 0.15) is 18.1 Å². The van der Waals surface area contributed by atoms with Gasteiger partial charge in [0.25, 0.3) is 5.91 Å². The number of hydrazine groups is 1. The number of hydrogen-bond donors (Lipinski definition) is 4. The van der Waals surface area contributed by atoms with E-state index < -0.39 is 47.9 Å². The number of amides is 3. The van der Waals surface area contributed by atoms with Crippen molar-refractivity contribution in [2.75, 3.05) is 13.7 Å². The van der Waals surface area contributed by atoms with E-state index in [-0.39, 0.29) is 11.8 Å². The molecule has 3 rings (SSSR count). The van der Waals surface area contributed by atoms with Crippen molar-refractivity contribution in [2.45, 2.75) is 78.1 Å². The fraction of sp³-hybridized carbons (Fsp3) is 0.516. The number of carboxylic acid groups (broad SMARTS) is 1. The molecular weight excluding hydrogens is 538 g/mol. The number of pyridine rings is 1. The highest BCUT2D eigenvalue weighted by atomic mass is 16.5. The van der Waals surface area contributed by atoms with Crippen LogP contribution in [0.15, 0.2) is 36.5 Å². The summed E-state index contributed by atoms with van der Waals surface area (Å²) in [6.07, 6.45) is 6.72. The molecule has 228 valence electrons. The molecule has 3 amide bonds. The van der Waals surface area contributed by atoms with E-state index >= 15 is 0 Å². The lowest BCUT2D eigenvalue weighted by atomic mass is 9.98. The Morgan fingerprint density at radius 2 is 1.86 bits per heavy atom. The standard InChI is InChI=1S/C31H43N5O6/c1-7-21-10-11-22-17-32-24(16-23(22)15-21)12-13-26(42-6)19(4)28(37)34-27(18(2)3)29(38)33-20(5)30(39)36-14-8-9-25(35-36)31(40)41/h10-13,15-20,25-27,35H,7-9,14H2,1-6H3,(H,33,38)(H,34,37)(H,40,41)/b13-12+/t19-,20+,25+,26-,27?/m1/s1. The number of aromatic nitrogens is 1. The van der Waals surface area contributed by atoms with Crippen molar-refractivity contribution in [1.29, 1.82) is 0 Å². The molecule has 5 atom stereocenters. The van der Waals surface area contributed by atoms with Gasteiger partial charge < -0.3 is 20.5 Å². The number of benzene rings is 1. The summed E-state index contributed by atoms with van der Waals surface area (Å²) in [7, 11) is 1.52. The molecule has 2 aromatic rings. The van der Waals surface area contributed by atoms with Gasteiger partial charge in [0.2, 0.25) is 11.8 Å². The van der Waals surface area contributed by atoms with E-state index in [9.17, 15) is 24.3 Å². The van der Waals surface area contributed by atoms with Gasteiger partial charge in [0.15, 0.2) is 0 Å². The summed E-state index contributed by atoms with van der Waals surface area (Å²) in [4.78, 5) is 55.1. The number of nitrogens with zero attached hydrogens (tertiary/aromatic N) is 2. The van der Waals surface area contributed by atoms with Gasteiger partial charge in [-0.15, -0.1) is 0 Å². The largest absolute Gasteiger partial charge is 0.480 e. The predicted octanol–water partition coefficient (Wildman–Crippen LogP) is 2.69. The Kier molecular flexibility index (Phi) is 11.6. The fourth-order valence-electron chi connectivity index (χ4n) is 4.85. The average molecular weight is 582 g/mol. The molecule has 11 nitrogen and oxygen atoms in total. The Hall–Kier alpha value is -3.83. The van der Waals surface area contributed by atoms with Crippen LogP contribution < -0.4 is 16.1 Å². The molecule has 42 heavy (non-hydrogen) atoms. The Morgan fingerprint density at radius 3 is 2.50 bits per heavy atom. The smallest absolute Gasteiger partial charge is 0.322 e. The van der Waals surface area contributed by atoms with Gasteiger partial charge in [-0.1, -0.05) is 52.0 Å². The van der Waals surface area contributed by atoms with Crippen LogP contribution in [0.5, 0.6) is 0 Å². The lowest BCUT2D eigenvalue weighted by Gasteiger charge is -2.34. The molecule has 1 unspecified atom stereocenters. The van der Waals surface area contributed by atoms with E-state index in [2.05, 4.69) is 46.2 Å².